The third kappa shape index (κ3) is 3.53. The molecule has 2 heterocycles. The van der Waals surface area contributed by atoms with Crippen molar-refractivity contribution in [2.24, 2.45) is 23.7 Å². The van der Waals surface area contributed by atoms with Crippen LogP contribution in [0.15, 0.2) is 42.6 Å². The molecule has 1 saturated heterocycles. The van der Waals surface area contributed by atoms with E-state index in [2.05, 4.69) is 4.98 Å². The van der Waals surface area contributed by atoms with E-state index >= 15 is 0 Å². The highest BCUT2D eigenvalue weighted by molar-refractivity contribution is 5.76. The number of esters is 1. The van der Waals surface area contributed by atoms with E-state index in [0.29, 0.717) is 11.3 Å². The number of fused-ring (bicyclic) bond motifs is 1. The number of pyridine rings is 1. The van der Waals surface area contributed by atoms with Crippen molar-refractivity contribution in [3.8, 4) is 11.1 Å². The first-order valence-corrected chi connectivity index (χ1v) is 10.2. The highest BCUT2D eigenvalue weighted by atomic mass is 19.3. The molecular formula is C24H24F3NO2. The second kappa shape index (κ2) is 7.56. The molecule has 0 amide bonds. The van der Waals surface area contributed by atoms with Crippen LogP contribution in [0, 0.1) is 36.4 Å². The van der Waals surface area contributed by atoms with E-state index in [1.54, 1.807) is 44.3 Å². The van der Waals surface area contributed by atoms with Gasteiger partial charge in [-0.2, -0.15) is 0 Å². The molecule has 1 aliphatic heterocycles. The summed E-state index contributed by atoms with van der Waals surface area (Å²) in [7, 11) is 0. The smallest absolute Gasteiger partial charge is 0.309 e. The van der Waals surface area contributed by atoms with Gasteiger partial charge in [-0.3, -0.25) is 9.78 Å². The van der Waals surface area contributed by atoms with Gasteiger partial charge in [0.1, 0.15) is 11.9 Å². The Morgan fingerprint density at radius 2 is 1.97 bits per heavy atom. The first-order chi connectivity index (χ1) is 14.2. The van der Waals surface area contributed by atoms with Crippen LogP contribution >= 0.6 is 0 Å². The molecule has 2 fully saturated rings. The maximum Gasteiger partial charge on any atom is 0.309 e. The first-order valence-electron chi connectivity index (χ1n) is 10.2. The molecule has 6 heteroatoms. The second-order valence-corrected chi connectivity index (χ2v) is 8.40. The quantitative estimate of drug-likeness (QED) is 0.606. The van der Waals surface area contributed by atoms with Gasteiger partial charge in [-0.15, -0.1) is 0 Å². The molecule has 4 rings (SSSR count). The Morgan fingerprint density at radius 1 is 1.20 bits per heavy atom. The Morgan fingerprint density at radius 3 is 2.67 bits per heavy atom. The van der Waals surface area contributed by atoms with Gasteiger partial charge in [-0.1, -0.05) is 31.2 Å². The monoisotopic (exact) mass is 415 g/mol. The summed E-state index contributed by atoms with van der Waals surface area (Å²) in [5.41, 5.74) is 2.71. The van der Waals surface area contributed by atoms with Crippen molar-refractivity contribution in [3.05, 3.63) is 59.7 Å². The van der Waals surface area contributed by atoms with Gasteiger partial charge >= 0.3 is 5.97 Å². The van der Waals surface area contributed by atoms with Gasteiger partial charge in [0.05, 0.1) is 11.6 Å². The lowest BCUT2D eigenvalue weighted by Gasteiger charge is -2.41. The highest BCUT2D eigenvalue weighted by Gasteiger charge is 2.59. The molecule has 1 aromatic heterocycles. The van der Waals surface area contributed by atoms with E-state index in [1.807, 2.05) is 12.1 Å². The molecule has 1 aromatic carbocycles. The molecule has 5 atom stereocenters. The van der Waals surface area contributed by atoms with Gasteiger partial charge in [0.2, 0.25) is 0 Å². The van der Waals surface area contributed by atoms with E-state index < -0.39 is 36.1 Å². The van der Waals surface area contributed by atoms with Crippen LogP contribution in [-0.4, -0.2) is 23.0 Å². The molecule has 0 radical (unpaired) electrons. The molecule has 0 spiro atoms. The number of ether oxygens (including phenoxy) is 1. The molecule has 3 nitrogen and oxygen atoms in total. The van der Waals surface area contributed by atoms with E-state index in [9.17, 15) is 18.0 Å². The summed E-state index contributed by atoms with van der Waals surface area (Å²) in [6.45, 7) is 5.02. The topological polar surface area (TPSA) is 39.2 Å². The minimum atomic E-state index is -2.93. The van der Waals surface area contributed by atoms with Gasteiger partial charge < -0.3 is 4.74 Å². The van der Waals surface area contributed by atoms with Crippen LogP contribution < -0.4 is 0 Å². The average Bonchev–Trinajstić information content (AvgIpc) is 2.97. The standard InChI is InChI=1S/C24H24F3NO2/c1-13-18(5-4-6-21(13)25)16-7-8-17(28-12-16)9-10-19-14(2)24(26,27)11-20-22(19)15(3)30-23(20)29/h4-10,12,14-15,19-20,22H,11H2,1-3H3/t14-,15+,19-,20?,22-/m0/s1. The fourth-order valence-corrected chi connectivity index (χ4v) is 4.82. The molecule has 30 heavy (non-hydrogen) atoms. The number of rotatable bonds is 3. The fraction of sp³-hybridized carbons (Fsp3) is 0.417. The molecule has 1 aliphatic carbocycles. The number of nitrogens with zero attached hydrogens (tertiary/aromatic N) is 1. The first kappa shape index (κ1) is 20.6. The maximum atomic E-state index is 14.5. The zero-order valence-corrected chi connectivity index (χ0v) is 17.1. The zero-order chi connectivity index (χ0) is 21.6. The molecule has 1 saturated carbocycles. The SMILES string of the molecule is Cc1c(F)cccc1-c1ccc(C=C[C@@H]2[C@H]3C(CC(F)(F)[C@H]2C)C(=O)O[C@@H]3C)nc1. The summed E-state index contributed by atoms with van der Waals surface area (Å²) in [4.78, 5) is 16.4. The number of alkyl halides is 2. The lowest BCUT2D eigenvalue weighted by Crippen LogP contribution is -2.46. The minimum absolute atomic E-state index is 0.266. The normalized spacial score (nSPS) is 30.3. The van der Waals surface area contributed by atoms with Gasteiger partial charge in [-0.25, -0.2) is 13.2 Å². The minimum Gasteiger partial charge on any atom is -0.462 e. The molecule has 2 aliphatic rings. The predicted molar refractivity (Wildman–Crippen MR) is 108 cm³/mol. The Hall–Kier alpha value is -2.63. The van der Waals surface area contributed by atoms with Crippen LogP contribution in [-0.2, 0) is 9.53 Å². The van der Waals surface area contributed by atoms with Gasteiger partial charge in [0.25, 0.3) is 5.92 Å². The van der Waals surface area contributed by atoms with Crippen LogP contribution in [0.3, 0.4) is 0 Å². The molecule has 1 unspecified atom stereocenters. The number of aromatic nitrogens is 1. The number of hydrogen-bond acceptors (Lipinski definition) is 3. The van der Waals surface area contributed by atoms with Crippen molar-refractivity contribution < 1.29 is 22.7 Å². The summed E-state index contributed by atoms with van der Waals surface area (Å²) in [6, 6.07) is 8.50. The van der Waals surface area contributed by atoms with E-state index in [-0.39, 0.29) is 17.8 Å². The fourth-order valence-electron chi connectivity index (χ4n) is 4.82. The Labute approximate surface area is 174 Å². The summed E-state index contributed by atoms with van der Waals surface area (Å²) in [6.07, 6.45) is 4.27. The largest absolute Gasteiger partial charge is 0.462 e. The van der Waals surface area contributed by atoms with Crippen LogP contribution in [0.25, 0.3) is 17.2 Å². The van der Waals surface area contributed by atoms with Gasteiger partial charge in [0, 0.05) is 30.0 Å². The summed E-state index contributed by atoms with van der Waals surface area (Å²) >= 11 is 0. The second-order valence-electron chi connectivity index (χ2n) is 8.40. The van der Waals surface area contributed by atoms with Crippen LogP contribution in [0.4, 0.5) is 13.2 Å². The number of halogens is 3. The Balaban J connectivity index is 1.59. The van der Waals surface area contributed by atoms with Crippen molar-refractivity contribution in [3.63, 3.8) is 0 Å². The van der Waals surface area contributed by atoms with Gasteiger partial charge in [0.15, 0.2) is 0 Å². The maximum absolute atomic E-state index is 14.5. The van der Waals surface area contributed by atoms with E-state index in [4.69, 9.17) is 4.74 Å². The molecule has 158 valence electrons. The van der Waals surface area contributed by atoms with Crippen LogP contribution in [0.5, 0.6) is 0 Å². The van der Waals surface area contributed by atoms with Crippen LogP contribution in [0.2, 0.25) is 0 Å². The summed E-state index contributed by atoms with van der Waals surface area (Å²) in [5.74, 6) is -6.16. The van der Waals surface area contributed by atoms with Crippen molar-refractivity contribution in [2.75, 3.05) is 0 Å². The van der Waals surface area contributed by atoms with Gasteiger partial charge in [-0.05, 0) is 49.1 Å². The summed E-state index contributed by atoms with van der Waals surface area (Å²) in [5, 5.41) is 0. The van der Waals surface area contributed by atoms with E-state index in [1.165, 1.54) is 13.0 Å². The molecule has 0 N–H and O–H groups in total. The number of benzene rings is 1. The van der Waals surface area contributed by atoms with Crippen LogP contribution in [0.1, 0.15) is 31.5 Å². The van der Waals surface area contributed by atoms with Crippen molar-refractivity contribution in [1.29, 1.82) is 0 Å². The van der Waals surface area contributed by atoms with Crippen molar-refractivity contribution in [1.82, 2.24) is 4.98 Å². The Bertz CT molecular complexity index is 986. The summed E-state index contributed by atoms with van der Waals surface area (Å²) < 4.78 is 48.1. The zero-order valence-electron chi connectivity index (χ0n) is 17.1. The third-order valence-corrected chi connectivity index (χ3v) is 6.65. The number of allylic oxidation sites excluding steroid dienone is 1. The predicted octanol–water partition coefficient (Wildman–Crippen LogP) is 5.68. The highest BCUT2D eigenvalue weighted by Crippen LogP contribution is 2.52. The van der Waals surface area contributed by atoms with E-state index in [0.717, 1.165) is 11.1 Å². The molecule has 0 bridgehead atoms. The lowest BCUT2D eigenvalue weighted by atomic mass is 9.64. The number of carbonyl (C=O) groups excluding carboxylic acids is 1. The molecule has 2 aromatic rings. The molecular weight excluding hydrogens is 391 g/mol. The number of carbonyl (C=O) groups is 1. The van der Waals surface area contributed by atoms with Crippen molar-refractivity contribution >= 4 is 12.0 Å². The van der Waals surface area contributed by atoms with Crippen molar-refractivity contribution in [2.45, 2.75) is 39.2 Å². The average molecular weight is 415 g/mol. The third-order valence-electron chi connectivity index (χ3n) is 6.65. The number of cyclic esters (lactones) is 1. The number of hydrogen-bond donors (Lipinski definition) is 0. The Kier molecular flexibility index (Phi) is 5.20. The lowest BCUT2D eigenvalue weighted by molar-refractivity contribution is -0.152.